The minimum absolute atomic E-state index is 0. The monoisotopic (exact) mass is 334 g/mol. The van der Waals surface area contributed by atoms with Gasteiger partial charge in [-0.05, 0) is 36.8 Å². The molecular formula is C16H12Cl2N2S. The summed E-state index contributed by atoms with van der Waals surface area (Å²) in [5.41, 5.74) is 10.0. The molecule has 106 valence electrons. The molecule has 0 radical (unpaired) electrons. The Bertz CT molecular complexity index is 992. The minimum Gasteiger partial charge on any atom is -1.00 e. The van der Waals surface area contributed by atoms with Gasteiger partial charge in [0.05, 0.1) is 5.69 Å². The first-order chi connectivity index (χ1) is 9.65. The normalized spacial score (nSPS) is 11.1. The van der Waals surface area contributed by atoms with Gasteiger partial charge in [0.25, 0.3) is 4.83 Å². The number of benzene rings is 2. The van der Waals surface area contributed by atoms with E-state index in [1.807, 2.05) is 12.1 Å². The molecule has 2 aromatic heterocycles. The molecule has 0 saturated carbocycles. The molecule has 5 heteroatoms. The van der Waals surface area contributed by atoms with Gasteiger partial charge in [-0.25, -0.2) is 0 Å². The largest absolute Gasteiger partial charge is 1.00 e. The fourth-order valence-corrected chi connectivity index (χ4v) is 4.03. The number of pyridine rings is 1. The lowest BCUT2D eigenvalue weighted by molar-refractivity contribution is -0.446. The molecule has 0 fully saturated rings. The highest BCUT2D eigenvalue weighted by atomic mass is 35.5. The Labute approximate surface area is 137 Å². The number of fused-ring (bicyclic) bond motifs is 5. The summed E-state index contributed by atoms with van der Waals surface area (Å²) in [6, 6.07) is 14.6. The second-order valence-electron chi connectivity index (χ2n) is 4.99. The average molecular weight is 335 g/mol. The van der Waals surface area contributed by atoms with Crippen LogP contribution in [0.2, 0.25) is 5.02 Å². The molecule has 0 aliphatic carbocycles. The van der Waals surface area contributed by atoms with Gasteiger partial charge >= 0.3 is 0 Å². The second-order valence-corrected chi connectivity index (χ2v) is 6.43. The molecular weight excluding hydrogens is 323 g/mol. The molecule has 21 heavy (non-hydrogen) atoms. The van der Waals surface area contributed by atoms with Crippen LogP contribution in [0.5, 0.6) is 0 Å². The lowest BCUT2D eigenvalue weighted by Gasteiger charge is -2.00. The van der Waals surface area contributed by atoms with Crippen molar-refractivity contribution in [3.05, 3.63) is 53.1 Å². The van der Waals surface area contributed by atoms with Crippen LogP contribution in [0.1, 0.15) is 5.56 Å². The van der Waals surface area contributed by atoms with Crippen LogP contribution >= 0.6 is 22.9 Å². The first-order valence-electron chi connectivity index (χ1n) is 6.37. The summed E-state index contributed by atoms with van der Waals surface area (Å²) in [4.78, 5) is 1.17. The maximum Gasteiger partial charge on any atom is 0.268 e. The van der Waals surface area contributed by atoms with Crippen molar-refractivity contribution in [3.63, 3.8) is 0 Å². The van der Waals surface area contributed by atoms with Crippen LogP contribution in [0.4, 0.5) is 5.69 Å². The predicted molar refractivity (Wildman–Crippen MR) is 86.7 cm³/mol. The molecule has 2 nitrogen and oxygen atoms in total. The van der Waals surface area contributed by atoms with E-state index >= 15 is 0 Å². The Morgan fingerprint density at radius 2 is 1.86 bits per heavy atom. The number of halogens is 2. The molecule has 2 N–H and O–H groups in total. The third-order valence-electron chi connectivity index (χ3n) is 3.60. The Hall–Kier alpha value is -1.55. The summed E-state index contributed by atoms with van der Waals surface area (Å²) in [6.45, 7) is 2.11. The van der Waals surface area contributed by atoms with Crippen LogP contribution in [-0.2, 0) is 0 Å². The SMILES string of the molecule is Cc1ccc2c(c1)sc1ccc3ccc(N)c(Cl)c3[n+]12.[Cl-]. The quantitative estimate of drug-likeness (QED) is 0.382. The first kappa shape index (κ1) is 14.4. The van der Waals surface area contributed by atoms with E-state index in [-0.39, 0.29) is 12.4 Å². The van der Waals surface area contributed by atoms with Gasteiger partial charge in [0.2, 0.25) is 11.0 Å². The molecule has 0 saturated heterocycles. The number of aromatic nitrogens is 1. The summed E-state index contributed by atoms with van der Waals surface area (Å²) in [7, 11) is 0. The number of hydrogen-bond donors (Lipinski definition) is 1. The van der Waals surface area contributed by atoms with E-state index in [9.17, 15) is 0 Å². The van der Waals surface area contributed by atoms with Crippen molar-refractivity contribution in [1.82, 2.24) is 0 Å². The number of aryl methyl sites for hydroxylation is 1. The molecule has 0 spiro atoms. The van der Waals surface area contributed by atoms with Gasteiger partial charge in [0.1, 0.15) is 9.72 Å². The van der Waals surface area contributed by atoms with Crippen LogP contribution in [-0.4, -0.2) is 0 Å². The van der Waals surface area contributed by atoms with Crippen LogP contribution < -0.4 is 22.5 Å². The van der Waals surface area contributed by atoms with Gasteiger partial charge in [0.15, 0.2) is 0 Å². The van der Waals surface area contributed by atoms with E-state index in [2.05, 4.69) is 41.7 Å². The van der Waals surface area contributed by atoms with E-state index in [0.717, 1.165) is 10.9 Å². The van der Waals surface area contributed by atoms with E-state index in [0.29, 0.717) is 10.7 Å². The smallest absolute Gasteiger partial charge is 0.268 e. The summed E-state index contributed by atoms with van der Waals surface area (Å²) in [5, 5.41) is 1.72. The lowest BCUT2D eigenvalue weighted by atomic mass is 10.2. The van der Waals surface area contributed by atoms with Gasteiger partial charge in [-0.3, -0.25) is 0 Å². The Morgan fingerprint density at radius 3 is 2.67 bits per heavy atom. The average Bonchev–Trinajstić information content (AvgIpc) is 2.80. The lowest BCUT2D eigenvalue weighted by Crippen LogP contribution is -3.00. The molecule has 4 aromatic rings. The van der Waals surface area contributed by atoms with Gasteiger partial charge in [-0.2, -0.15) is 0 Å². The van der Waals surface area contributed by atoms with E-state index < -0.39 is 0 Å². The number of thiazole rings is 1. The second kappa shape index (κ2) is 5.02. The number of anilines is 1. The summed E-state index contributed by atoms with van der Waals surface area (Å²) < 4.78 is 3.46. The Kier molecular flexibility index (Phi) is 3.44. The molecule has 0 aliphatic heterocycles. The van der Waals surface area contributed by atoms with Crippen molar-refractivity contribution in [2.75, 3.05) is 5.73 Å². The Balaban J connectivity index is 0.00000132. The van der Waals surface area contributed by atoms with Crippen molar-refractivity contribution in [1.29, 1.82) is 0 Å². The number of hydrogen-bond acceptors (Lipinski definition) is 2. The molecule has 2 aromatic carbocycles. The zero-order chi connectivity index (χ0) is 13.9. The fraction of sp³-hybridized carbons (Fsp3) is 0.0625. The first-order valence-corrected chi connectivity index (χ1v) is 7.56. The summed E-state index contributed by atoms with van der Waals surface area (Å²) >= 11 is 8.22. The fourth-order valence-electron chi connectivity index (χ4n) is 2.62. The maximum atomic E-state index is 6.45. The van der Waals surface area contributed by atoms with Crippen LogP contribution in [0, 0.1) is 6.92 Å². The molecule has 0 amide bonds. The predicted octanol–water partition coefficient (Wildman–Crippen LogP) is 1.34. The highest BCUT2D eigenvalue weighted by Crippen LogP contribution is 2.31. The third-order valence-corrected chi connectivity index (χ3v) is 5.07. The van der Waals surface area contributed by atoms with Crippen molar-refractivity contribution in [2.45, 2.75) is 6.92 Å². The van der Waals surface area contributed by atoms with E-state index in [1.54, 1.807) is 11.3 Å². The van der Waals surface area contributed by atoms with Gasteiger partial charge in [-0.15, -0.1) is 4.40 Å². The number of nitrogens with zero attached hydrogens (tertiary/aromatic N) is 1. The standard InChI is InChI=1S/C16H11ClN2S.ClH/c1-9-2-6-12-13(8-9)20-14-7-4-10-3-5-11(18)15(17)16(10)19(12)14;/h2-8,18H,1H3;1H. The van der Waals surface area contributed by atoms with Gasteiger partial charge in [-0.1, -0.05) is 29.0 Å². The number of rotatable bonds is 0. The molecule has 0 unspecified atom stereocenters. The molecule has 2 heterocycles. The van der Waals surface area contributed by atoms with Crippen LogP contribution in [0.25, 0.3) is 25.9 Å². The van der Waals surface area contributed by atoms with Crippen LogP contribution in [0.15, 0.2) is 42.5 Å². The molecule has 0 aliphatic rings. The highest BCUT2D eigenvalue weighted by molar-refractivity contribution is 7.23. The molecule has 0 bridgehead atoms. The highest BCUT2D eigenvalue weighted by Gasteiger charge is 2.20. The van der Waals surface area contributed by atoms with Crippen molar-refractivity contribution < 1.29 is 16.8 Å². The van der Waals surface area contributed by atoms with Crippen LogP contribution in [0.3, 0.4) is 0 Å². The summed E-state index contributed by atoms with van der Waals surface area (Å²) in [6.07, 6.45) is 0. The van der Waals surface area contributed by atoms with Gasteiger partial charge in [0, 0.05) is 17.5 Å². The van der Waals surface area contributed by atoms with Crippen molar-refractivity contribution >= 4 is 54.6 Å². The van der Waals surface area contributed by atoms with Gasteiger partial charge < -0.3 is 18.1 Å². The van der Waals surface area contributed by atoms with E-state index in [1.165, 1.54) is 20.6 Å². The molecule has 0 atom stereocenters. The topological polar surface area (TPSA) is 30.1 Å². The Morgan fingerprint density at radius 1 is 1.10 bits per heavy atom. The van der Waals surface area contributed by atoms with E-state index in [4.69, 9.17) is 17.3 Å². The zero-order valence-corrected chi connectivity index (χ0v) is 13.6. The maximum absolute atomic E-state index is 6.45. The number of nitrogens with two attached hydrogens (primary N) is 1. The third kappa shape index (κ3) is 2.04. The van der Waals surface area contributed by atoms with Crippen molar-refractivity contribution in [3.8, 4) is 0 Å². The number of nitrogen functional groups attached to an aromatic ring is 1. The molecule has 4 rings (SSSR count). The summed E-state index contributed by atoms with van der Waals surface area (Å²) in [5.74, 6) is 0. The zero-order valence-electron chi connectivity index (χ0n) is 11.2. The minimum atomic E-state index is 0. The van der Waals surface area contributed by atoms with Crippen molar-refractivity contribution in [2.24, 2.45) is 0 Å².